The van der Waals surface area contributed by atoms with Crippen molar-refractivity contribution >= 4 is 26.4 Å². The Labute approximate surface area is 102 Å². The van der Waals surface area contributed by atoms with Crippen molar-refractivity contribution in [3.8, 4) is 0 Å². The van der Waals surface area contributed by atoms with E-state index in [0.29, 0.717) is 6.61 Å². The molecule has 0 bridgehead atoms. The zero-order valence-corrected chi connectivity index (χ0v) is 13.8. The Morgan fingerprint density at radius 2 is 1.75 bits per heavy atom. The van der Waals surface area contributed by atoms with Gasteiger partial charge in [0.2, 0.25) is 0 Å². The number of ether oxygens (including phenoxy) is 1. The van der Waals surface area contributed by atoms with E-state index in [1.54, 1.807) is 0 Å². The van der Waals surface area contributed by atoms with E-state index in [-0.39, 0.29) is 0 Å². The van der Waals surface area contributed by atoms with E-state index in [1.165, 1.54) is 6.26 Å². The molecule has 0 saturated carbocycles. The van der Waals surface area contributed by atoms with Crippen LogP contribution in [0.25, 0.3) is 0 Å². The molecule has 0 spiro atoms. The lowest BCUT2D eigenvalue weighted by Gasteiger charge is -2.42. The Hall–Kier alpha value is 0.0706. The zero-order chi connectivity index (χ0) is 12.2. The van der Waals surface area contributed by atoms with E-state index < -0.39 is 26.4 Å². The quantitative estimate of drug-likeness (QED) is 0.439. The second-order valence-corrected chi connectivity index (χ2v) is 14.5. The normalized spacial score (nSPS) is 24.0. The fourth-order valence-corrected chi connectivity index (χ4v) is 15.0. The van der Waals surface area contributed by atoms with Crippen LogP contribution in [0.15, 0.2) is 12.8 Å². The largest absolute Gasteiger partial charge is 0.502 e. The third-order valence-corrected chi connectivity index (χ3v) is 13.6. The van der Waals surface area contributed by atoms with Gasteiger partial charge in [-0.25, -0.2) is 0 Å². The van der Waals surface area contributed by atoms with Crippen LogP contribution in [0.5, 0.6) is 0 Å². The molecule has 1 heterocycles. The van der Waals surface area contributed by atoms with Crippen LogP contribution in [0.2, 0.25) is 32.2 Å². The molecule has 1 rings (SSSR count). The number of rotatable bonds is 5. The Morgan fingerprint density at radius 1 is 1.19 bits per heavy atom. The molecule has 0 aromatic heterocycles. The maximum atomic E-state index is 5.98. The second kappa shape index (κ2) is 5.61. The molecule has 0 aromatic rings. The lowest BCUT2D eigenvalue weighted by Crippen LogP contribution is -2.59. The van der Waals surface area contributed by atoms with Gasteiger partial charge in [0, 0.05) is 0 Å². The lowest BCUT2D eigenvalue weighted by molar-refractivity contribution is 0.232. The van der Waals surface area contributed by atoms with Crippen molar-refractivity contribution in [2.24, 2.45) is 0 Å². The second-order valence-electron chi connectivity index (χ2n) is 4.75. The molecule has 0 unspecified atom stereocenters. The SMILES string of the molecule is C=COCCC[SiH]1O[Si](C)(C)O[Si](C)(C)O1. The van der Waals surface area contributed by atoms with E-state index >= 15 is 0 Å². The maximum absolute atomic E-state index is 5.98. The van der Waals surface area contributed by atoms with Gasteiger partial charge in [0.1, 0.15) is 0 Å². The van der Waals surface area contributed by atoms with Crippen molar-refractivity contribution in [1.82, 2.24) is 0 Å². The summed E-state index contributed by atoms with van der Waals surface area (Å²) in [4.78, 5) is 0. The standard InChI is InChI=1S/C9H22O4Si3/c1-6-10-8-7-9-14-11-15(2,3)13-16(4,5)12-14/h6,14H,1,7-9H2,2-5H3. The van der Waals surface area contributed by atoms with Crippen LogP contribution in [-0.2, 0) is 17.1 Å². The molecular weight excluding hydrogens is 256 g/mol. The van der Waals surface area contributed by atoms with Crippen LogP contribution in [-0.4, -0.2) is 33.0 Å². The van der Waals surface area contributed by atoms with Gasteiger partial charge in [0.25, 0.3) is 0 Å². The first-order chi connectivity index (χ1) is 7.35. The highest BCUT2D eigenvalue weighted by molar-refractivity contribution is 6.87. The highest BCUT2D eigenvalue weighted by Crippen LogP contribution is 2.26. The Bertz CT molecular complexity index is 229. The molecule has 1 aliphatic heterocycles. The first-order valence-electron chi connectivity index (χ1n) is 5.63. The molecule has 0 radical (unpaired) electrons. The van der Waals surface area contributed by atoms with Crippen molar-refractivity contribution in [2.45, 2.75) is 38.7 Å². The molecule has 0 aromatic carbocycles. The van der Waals surface area contributed by atoms with Gasteiger partial charge < -0.3 is 17.1 Å². The molecular formula is C9H22O4Si3. The maximum Gasteiger partial charge on any atom is 0.313 e. The summed E-state index contributed by atoms with van der Waals surface area (Å²) in [5, 5.41) is 0. The molecule has 1 aliphatic rings. The number of hydrogen-bond acceptors (Lipinski definition) is 4. The molecule has 0 amide bonds. The number of hydrogen-bond donors (Lipinski definition) is 0. The van der Waals surface area contributed by atoms with Gasteiger partial charge in [0.15, 0.2) is 0 Å². The molecule has 1 saturated heterocycles. The van der Waals surface area contributed by atoms with Crippen LogP contribution in [0, 0.1) is 0 Å². The third-order valence-electron chi connectivity index (χ3n) is 2.14. The van der Waals surface area contributed by atoms with Crippen LogP contribution in [0.3, 0.4) is 0 Å². The smallest absolute Gasteiger partial charge is 0.313 e. The first-order valence-corrected chi connectivity index (χ1v) is 13.0. The summed E-state index contributed by atoms with van der Waals surface area (Å²) in [6.45, 7) is 12.6. The summed E-state index contributed by atoms with van der Waals surface area (Å²) in [6, 6.07) is 0.990. The van der Waals surface area contributed by atoms with Crippen LogP contribution in [0.1, 0.15) is 6.42 Å². The van der Waals surface area contributed by atoms with Gasteiger partial charge in [-0.2, -0.15) is 0 Å². The highest BCUT2D eigenvalue weighted by atomic mass is 28.5. The summed E-state index contributed by atoms with van der Waals surface area (Å²) < 4.78 is 23.0. The summed E-state index contributed by atoms with van der Waals surface area (Å²) in [5.41, 5.74) is 0. The van der Waals surface area contributed by atoms with Gasteiger partial charge in [-0.3, -0.25) is 0 Å². The van der Waals surface area contributed by atoms with Gasteiger partial charge in [-0.1, -0.05) is 6.58 Å². The summed E-state index contributed by atoms with van der Waals surface area (Å²) in [6.07, 6.45) is 2.45. The minimum atomic E-state index is -1.92. The average Bonchev–Trinajstić information content (AvgIpc) is 2.07. The van der Waals surface area contributed by atoms with E-state index in [0.717, 1.165) is 12.5 Å². The predicted octanol–water partition coefficient (Wildman–Crippen LogP) is 2.22. The van der Waals surface area contributed by atoms with E-state index in [9.17, 15) is 0 Å². The molecule has 1 fully saturated rings. The van der Waals surface area contributed by atoms with Crippen molar-refractivity contribution in [3.05, 3.63) is 12.8 Å². The van der Waals surface area contributed by atoms with Gasteiger partial charge in [-0.15, -0.1) is 0 Å². The van der Waals surface area contributed by atoms with Crippen LogP contribution >= 0.6 is 0 Å². The third kappa shape index (κ3) is 4.93. The average molecular weight is 279 g/mol. The topological polar surface area (TPSA) is 36.9 Å². The fourth-order valence-electron chi connectivity index (χ4n) is 1.83. The minimum absolute atomic E-state index is 0.699. The van der Waals surface area contributed by atoms with Gasteiger partial charge >= 0.3 is 26.4 Å². The van der Waals surface area contributed by atoms with E-state index in [2.05, 4.69) is 32.8 Å². The highest BCUT2D eigenvalue weighted by Gasteiger charge is 2.45. The Morgan fingerprint density at radius 3 is 2.25 bits per heavy atom. The Kier molecular flexibility index (Phi) is 4.95. The molecule has 16 heavy (non-hydrogen) atoms. The molecule has 0 N–H and O–H groups in total. The summed E-state index contributed by atoms with van der Waals surface area (Å²) in [5.74, 6) is 0. The van der Waals surface area contributed by atoms with E-state index in [1.807, 2.05) is 0 Å². The predicted molar refractivity (Wildman–Crippen MR) is 70.9 cm³/mol. The summed E-state index contributed by atoms with van der Waals surface area (Å²) >= 11 is 0. The lowest BCUT2D eigenvalue weighted by atomic mass is 10.5. The summed E-state index contributed by atoms with van der Waals surface area (Å²) in [7, 11) is -5.37. The molecule has 0 aliphatic carbocycles. The van der Waals surface area contributed by atoms with Crippen molar-refractivity contribution in [1.29, 1.82) is 0 Å². The van der Waals surface area contributed by atoms with Crippen molar-refractivity contribution in [3.63, 3.8) is 0 Å². The fraction of sp³-hybridized carbons (Fsp3) is 0.778. The Balaban J connectivity index is 2.39. The van der Waals surface area contributed by atoms with Crippen molar-refractivity contribution in [2.75, 3.05) is 6.61 Å². The van der Waals surface area contributed by atoms with E-state index in [4.69, 9.17) is 17.1 Å². The monoisotopic (exact) mass is 278 g/mol. The molecule has 94 valence electrons. The van der Waals surface area contributed by atoms with Crippen LogP contribution < -0.4 is 0 Å². The van der Waals surface area contributed by atoms with Crippen LogP contribution in [0.4, 0.5) is 0 Å². The molecule has 7 heteroatoms. The van der Waals surface area contributed by atoms with Gasteiger partial charge in [-0.05, 0) is 38.7 Å². The zero-order valence-electron chi connectivity index (χ0n) is 10.6. The molecule has 4 nitrogen and oxygen atoms in total. The minimum Gasteiger partial charge on any atom is -0.502 e. The van der Waals surface area contributed by atoms with Gasteiger partial charge in [0.05, 0.1) is 12.9 Å². The van der Waals surface area contributed by atoms with Crippen molar-refractivity contribution < 1.29 is 17.1 Å². The first kappa shape index (κ1) is 14.1. The molecule has 0 atom stereocenters.